The Labute approximate surface area is 173 Å². The van der Waals surface area contributed by atoms with E-state index in [1.165, 1.54) is 24.3 Å². The first-order valence-corrected chi connectivity index (χ1v) is 9.64. The molecule has 0 unspecified atom stereocenters. The van der Waals surface area contributed by atoms with Crippen LogP contribution in [0.15, 0.2) is 36.4 Å². The zero-order valence-electron chi connectivity index (χ0n) is 16.3. The fraction of sp³-hybridized carbons (Fsp3) is 0.333. The van der Waals surface area contributed by atoms with E-state index >= 15 is 0 Å². The highest BCUT2D eigenvalue weighted by atomic mass is 35.5. The average molecular weight is 424 g/mol. The van der Waals surface area contributed by atoms with Gasteiger partial charge in [0.25, 0.3) is 5.91 Å². The number of amides is 1. The number of hydrogen-bond donors (Lipinski definition) is 1. The molecule has 0 aliphatic heterocycles. The average Bonchev–Trinajstić information content (AvgIpc) is 2.70. The number of anilines is 1. The molecular formula is C21H23ClFNO5. The zero-order valence-corrected chi connectivity index (χ0v) is 17.1. The lowest BCUT2D eigenvalue weighted by Crippen LogP contribution is -2.21. The maximum atomic E-state index is 13.7. The molecule has 0 fully saturated rings. The summed E-state index contributed by atoms with van der Waals surface area (Å²) in [6.07, 6.45) is 1.90. The second kappa shape index (κ2) is 11.3. The van der Waals surface area contributed by atoms with Crippen LogP contribution in [0.5, 0.6) is 11.5 Å². The van der Waals surface area contributed by atoms with E-state index in [0.29, 0.717) is 24.7 Å². The van der Waals surface area contributed by atoms with Gasteiger partial charge in [-0.05, 0) is 49.7 Å². The molecule has 156 valence electrons. The van der Waals surface area contributed by atoms with E-state index in [9.17, 15) is 14.0 Å². The van der Waals surface area contributed by atoms with Gasteiger partial charge in [-0.25, -0.2) is 9.18 Å². The smallest absolute Gasteiger partial charge is 0.338 e. The van der Waals surface area contributed by atoms with Gasteiger partial charge in [0.2, 0.25) is 0 Å². The van der Waals surface area contributed by atoms with Crippen LogP contribution in [0.2, 0.25) is 5.02 Å². The van der Waals surface area contributed by atoms with Gasteiger partial charge in [0.05, 0.1) is 24.5 Å². The molecule has 29 heavy (non-hydrogen) atoms. The van der Waals surface area contributed by atoms with E-state index in [2.05, 4.69) is 12.2 Å². The number of unbranched alkanes of at least 4 members (excludes halogenated alkanes) is 1. The molecule has 6 nitrogen and oxygen atoms in total. The Bertz CT molecular complexity index is 859. The summed E-state index contributed by atoms with van der Waals surface area (Å²) in [6, 6.07) is 8.41. The molecule has 1 amide bonds. The van der Waals surface area contributed by atoms with Crippen LogP contribution in [0.3, 0.4) is 0 Å². The normalized spacial score (nSPS) is 10.3. The van der Waals surface area contributed by atoms with Gasteiger partial charge in [-0.15, -0.1) is 0 Å². The minimum absolute atomic E-state index is 0.0919. The predicted octanol–water partition coefficient (Wildman–Crippen LogP) is 4.85. The Hall–Kier alpha value is -2.80. The van der Waals surface area contributed by atoms with Gasteiger partial charge in [-0.3, -0.25) is 4.79 Å². The summed E-state index contributed by atoms with van der Waals surface area (Å²) in [5, 5.41) is 2.57. The summed E-state index contributed by atoms with van der Waals surface area (Å²) in [7, 11) is 0. The van der Waals surface area contributed by atoms with E-state index in [1.807, 2.05) is 6.92 Å². The summed E-state index contributed by atoms with van der Waals surface area (Å²) >= 11 is 5.78. The van der Waals surface area contributed by atoms with Crippen LogP contribution < -0.4 is 14.8 Å². The van der Waals surface area contributed by atoms with Crippen molar-refractivity contribution < 1.29 is 28.2 Å². The molecule has 0 spiro atoms. The standard InChI is InChI=1S/C21H23ClFNO5/c1-3-5-10-28-18-9-6-14(11-19(18)27-4-2)21(26)29-13-20(25)24-17-12-15(22)7-8-16(17)23/h6-9,11-12H,3-5,10,13H2,1-2H3,(H,24,25). The zero-order chi connectivity index (χ0) is 21.2. The maximum Gasteiger partial charge on any atom is 0.338 e. The summed E-state index contributed by atoms with van der Waals surface area (Å²) in [5.41, 5.74) is 0.115. The number of nitrogens with one attached hydrogen (secondary N) is 1. The fourth-order valence-electron chi connectivity index (χ4n) is 2.34. The Kier molecular flexibility index (Phi) is 8.73. The third kappa shape index (κ3) is 6.94. The number of halogens is 2. The Morgan fingerprint density at radius 1 is 1.07 bits per heavy atom. The SMILES string of the molecule is CCCCOc1ccc(C(=O)OCC(=O)Nc2cc(Cl)ccc2F)cc1OCC. The van der Waals surface area contributed by atoms with Crippen molar-refractivity contribution in [1.82, 2.24) is 0 Å². The van der Waals surface area contributed by atoms with Crippen LogP contribution >= 0.6 is 11.6 Å². The third-order valence-electron chi connectivity index (χ3n) is 3.77. The lowest BCUT2D eigenvalue weighted by atomic mass is 10.2. The van der Waals surface area contributed by atoms with E-state index in [1.54, 1.807) is 6.07 Å². The van der Waals surface area contributed by atoms with Crippen LogP contribution in [-0.4, -0.2) is 31.7 Å². The number of hydrogen-bond acceptors (Lipinski definition) is 5. The fourth-order valence-corrected chi connectivity index (χ4v) is 2.52. The first-order chi connectivity index (χ1) is 13.9. The molecule has 0 radical (unpaired) electrons. The van der Waals surface area contributed by atoms with Crippen LogP contribution in [0.4, 0.5) is 10.1 Å². The quantitative estimate of drug-likeness (QED) is 0.436. The van der Waals surface area contributed by atoms with Crippen molar-refractivity contribution in [3.05, 3.63) is 52.8 Å². The summed E-state index contributed by atoms with van der Waals surface area (Å²) in [6.45, 7) is 4.24. The van der Waals surface area contributed by atoms with Crippen LogP contribution in [0.1, 0.15) is 37.0 Å². The maximum absolute atomic E-state index is 13.7. The van der Waals surface area contributed by atoms with E-state index in [0.717, 1.165) is 18.9 Å². The van der Waals surface area contributed by atoms with Crippen molar-refractivity contribution in [2.45, 2.75) is 26.7 Å². The first-order valence-electron chi connectivity index (χ1n) is 9.26. The van der Waals surface area contributed by atoms with Crippen LogP contribution in [0, 0.1) is 5.82 Å². The van der Waals surface area contributed by atoms with Gasteiger partial charge in [0, 0.05) is 5.02 Å². The molecule has 0 aliphatic rings. The van der Waals surface area contributed by atoms with Gasteiger partial charge in [-0.2, -0.15) is 0 Å². The number of rotatable bonds is 10. The molecule has 2 rings (SSSR count). The number of carbonyl (C=O) groups excluding carboxylic acids is 2. The first kappa shape index (κ1) is 22.5. The minimum Gasteiger partial charge on any atom is -0.490 e. The highest BCUT2D eigenvalue weighted by Gasteiger charge is 2.15. The Morgan fingerprint density at radius 2 is 1.86 bits per heavy atom. The lowest BCUT2D eigenvalue weighted by molar-refractivity contribution is -0.119. The highest BCUT2D eigenvalue weighted by molar-refractivity contribution is 6.30. The largest absolute Gasteiger partial charge is 0.490 e. The molecule has 0 aliphatic carbocycles. The molecule has 2 aromatic rings. The van der Waals surface area contributed by atoms with Crippen molar-refractivity contribution in [1.29, 1.82) is 0 Å². The van der Waals surface area contributed by atoms with E-state index in [4.69, 9.17) is 25.8 Å². The van der Waals surface area contributed by atoms with Crippen molar-refractivity contribution in [3.8, 4) is 11.5 Å². The van der Waals surface area contributed by atoms with Gasteiger partial charge in [-0.1, -0.05) is 24.9 Å². The molecule has 1 N–H and O–H groups in total. The molecular weight excluding hydrogens is 401 g/mol. The third-order valence-corrected chi connectivity index (χ3v) is 4.01. The molecule has 0 atom stereocenters. The highest BCUT2D eigenvalue weighted by Crippen LogP contribution is 2.29. The molecule has 0 saturated heterocycles. The Balaban J connectivity index is 1.97. The van der Waals surface area contributed by atoms with Crippen LogP contribution in [-0.2, 0) is 9.53 Å². The predicted molar refractivity (Wildman–Crippen MR) is 108 cm³/mol. The topological polar surface area (TPSA) is 73.9 Å². The second-order valence-corrected chi connectivity index (χ2v) is 6.48. The van der Waals surface area contributed by atoms with E-state index in [-0.39, 0.29) is 16.3 Å². The molecule has 0 aromatic heterocycles. The number of carbonyl (C=O) groups is 2. The second-order valence-electron chi connectivity index (χ2n) is 6.05. The summed E-state index contributed by atoms with van der Waals surface area (Å²) in [5.74, 6) is -1.10. The monoisotopic (exact) mass is 423 g/mol. The van der Waals surface area contributed by atoms with Gasteiger partial charge in [0.15, 0.2) is 18.1 Å². The molecule has 2 aromatic carbocycles. The van der Waals surface area contributed by atoms with Crippen molar-refractivity contribution in [2.24, 2.45) is 0 Å². The molecule has 0 bridgehead atoms. The lowest BCUT2D eigenvalue weighted by Gasteiger charge is -2.13. The van der Waals surface area contributed by atoms with E-state index < -0.39 is 24.3 Å². The molecule has 8 heteroatoms. The molecule has 0 saturated carbocycles. The van der Waals surface area contributed by atoms with Crippen molar-refractivity contribution in [3.63, 3.8) is 0 Å². The number of esters is 1. The van der Waals surface area contributed by atoms with Crippen LogP contribution in [0.25, 0.3) is 0 Å². The van der Waals surface area contributed by atoms with Gasteiger partial charge < -0.3 is 19.5 Å². The number of ether oxygens (including phenoxy) is 3. The summed E-state index contributed by atoms with van der Waals surface area (Å²) < 4.78 is 29.8. The van der Waals surface area contributed by atoms with Gasteiger partial charge in [0.1, 0.15) is 5.82 Å². The number of benzene rings is 2. The Morgan fingerprint density at radius 3 is 2.59 bits per heavy atom. The van der Waals surface area contributed by atoms with Crippen molar-refractivity contribution >= 4 is 29.2 Å². The molecule has 0 heterocycles. The van der Waals surface area contributed by atoms with Gasteiger partial charge >= 0.3 is 5.97 Å². The summed E-state index contributed by atoms with van der Waals surface area (Å²) in [4.78, 5) is 24.2. The van der Waals surface area contributed by atoms with Crippen molar-refractivity contribution in [2.75, 3.05) is 25.1 Å². The minimum atomic E-state index is -0.715.